The summed E-state index contributed by atoms with van der Waals surface area (Å²) in [5.41, 5.74) is -0.560. The predicted octanol–water partition coefficient (Wildman–Crippen LogP) is 3.01. The molecule has 1 saturated heterocycles. The molecule has 1 N–H and O–H groups in total. The summed E-state index contributed by atoms with van der Waals surface area (Å²) in [6, 6.07) is 7.73. The Balaban J connectivity index is 1.80. The summed E-state index contributed by atoms with van der Waals surface area (Å²) >= 11 is 3.40. The molecule has 1 aromatic rings. The van der Waals surface area contributed by atoms with Gasteiger partial charge in [0.25, 0.3) is 0 Å². The Labute approximate surface area is 127 Å². The second-order valence-corrected chi connectivity index (χ2v) is 6.19. The van der Waals surface area contributed by atoms with Gasteiger partial charge in [-0.1, -0.05) is 28.9 Å². The van der Waals surface area contributed by atoms with E-state index in [4.69, 9.17) is 4.74 Å². The number of nitrogens with zero attached hydrogens (tertiary/aromatic N) is 1. The fourth-order valence-electron chi connectivity index (χ4n) is 2.61. The lowest BCUT2D eigenvalue weighted by Gasteiger charge is -2.23. The van der Waals surface area contributed by atoms with Crippen LogP contribution in [0, 0.1) is 5.41 Å². The third kappa shape index (κ3) is 3.52. The number of carboxylic acids is 1. The maximum atomic E-state index is 11.4. The molecule has 1 aliphatic rings. The summed E-state index contributed by atoms with van der Waals surface area (Å²) < 4.78 is 6.68. The van der Waals surface area contributed by atoms with Gasteiger partial charge in [-0.25, -0.2) is 0 Å². The summed E-state index contributed by atoms with van der Waals surface area (Å²) in [4.78, 5) is 13.5. The van der Waals surface area contributed by atoms with Gasteiger partial charge >= 0.3 is 5.97 Å². The van der Waals surface area contributed by atoms with Gasteiger partial charge in [0.05, 0.1) is 5.41 Å². The number of benzene rings is 1. The van der Waals surface area contributed by atoms with Crippen molar-refractivity contribution in [1.82, 2.24) is 4.90 Å². The lowest BCUT2D eigenvalue weighted by atomic mass is 9.84. The summed E-state index contributed by atoms with van der Waals surface area (Å²) in [7, 11) is 0. The molecule has 1 unspecified atom stereocenters. The van der Waals surface area contributed by atoms with Crippen molar-refractivity contribution in [3.8, 4) is 5.75 Å². The van der Waals surface area contributed by atoms with Crippen LogP contribution in [0.3, 0.4) is 0 Å². The first-order valence-corrected chi connectivity index (χ1v) is 7.69. The number of hydrogen-bond donors (Lipinski definition) is 1. The quantitative estimate of drug-likeness (QED) is 0.863. The van der Waals surface area contributed by atoms with Gasteiger partial charge in [-0.2, -0.15) is 0 Å². The van der Waals surface area contributed by atoms with Crippen molar-refractivity contribution < 1.29 is 14.6 Å². The molecule has 0 aromatic heterocycles. The first kappa shape index (κ1) is 15.3. The zero-order valence-corrected chi connectivity index (χ0v) is 13.2. The molecule has 110 valence electrons. The molecule has 0 saturated carbocycles. The minimum absolute atomic E-state index is 0.560. The van der Waals surface area contributed by atoms with E-state index in [-0.39, 0.29) is 0 Å². The van der Waals surface area contributed by atoms with Gasteiger partial charge in [-0.05, 0) is 37.6 Å². The van der Waals surface area contributed by atoms with Crippen LogP contribution in [-0.4, -0.2) is 42.2 Å². The van der Waals surface area contributed by atoms with Gasteiger partial charge in [0.2, 0.25) is 0 Å². The zero-order valence-electron chi connectivity index (χ0n) is 11.6. The molecule has 1 heterocycles. The Bertz CT molecular complexity index is 480. The third-order valence-corrected chi connectivity index (χ3v) is 4.53. The molecule has 5 heteroatoms. The minimum Gasteiger partial charge on any atom is -0.492 e. The maximum absolute atomic E-state index is 11.4. The van der Waals surface area contributed by atoms with E-state index in [0.29, 0.717) is 19.6 Å². The number of aliphatic carboxylic acids is 1. The number of halogens is 1. The molecule has 0 bridgehead atoms. The third-order valence-electron chi connectivity index (χ3n) is 4.04. The van der Waals surface area contributed by atoms with E-state index < -0.39 is 11.4 Å². The van der Waals surface area contributed by atoms with E-state index in [9.17, 15) is 9.90 Å². The first-order valence-electron chi connectivity index (χ1n) is 6.90. The van der Waals surface area contributed by atoms with Crippen molar-refractivity contribution in [3.05, 3.63) is 28.7 Å². The lowest BCUT2D eigenvalue weighted by Crippen LogP contribution is -2.35. The van der Waals surface area contributed by atoms with Crippen LogP contribution in [0.1, 0.15) is 19.8 Å². The highest BCUT2D eigenvalue weighted by Gasteiger charge is 2.42. The van der Waals surface area contributed by atoms with E-state index >= 15 is 0 Å². The summed E-state index contributed by atoms with van der Waals surface area (Å²) in [6.07, 6.45) is 1.42. The molecule has 4 nitrogen and oxygen atoms in total. The molecule has 20 heavy (non-hydrogen) atoms. The monoisotopic (exact) mass is 341 g/mol. The topological polar surface area (TPSA) is 49.8 Å². The van der Waals surface area contributed by atoms with Gasteiger partial charge in [-0.15, -0.1) is 0 Å². The largest absolute Gasteiger partial charge is 0.492 e. The van der Waals surface area contributed by atoms with Gasteiger partial charge in [0.15, 0.2) is 0 Å². The number of hydrogen-bond acceptors (Lipinski definition) is 3. The summed E-state index contributed by atoms with van der Waals surface area (Å²) in [5.74, 6) is 0.161. The van der Waals surface area contributed by atoms with Crippen molar-refractivity contribution in [2.45, 2.75) is 19.8 Å². The normalized spacial score (nSPS) is 22.9. The molecule has 1 aliphatic heterocycles. The standard InChI is InChI=1S/C15H20BrNO3/c1-2-15(14(18)19)6-7-17(11-15)8-9-20-13-5-3-4-12(16)10-13/h3-5,10H,2,6-9,11H2,1H3,(H,18,19). The lowest BCUT2D eigenvalue weighted by molar-refractivity contribution is -0.148. The summed E-state index contributed by atoms with van der Waals surface area (Å²) in [6.45, 7) is 4.76. The zero-order chi connectivity index (χ0) is 14.6. The van der Waals surface area contributed by atoms with Crippen LogP contribution in [-0.2, 0) is 4.79 Å². The Morgan fingerprint density at radius 3 is 2.95 bits per heavy atom. The highest BCUT2D eigenvalue weighted by molar-refractivity contribution is 9.10. The SMILES string of the molecule is CCC1(C(=O)O)CCN(CCOc2cccc(Br)c2)C1. The highest BCUT2D eigenvalue weighted by Crippen LogP contribution is 2.33. The van der Waals surface area contributed by atoms with E-state index in [1.54, 1.807) is 0 Å². The van der Waals surface area contributed by atoms with Gasteiger partial charge < -0.3 is 9.84 Å². The maximum Gasteiger partial charge on any atom is 0.310 e. The molecule has 0 amide bonds. The van der Waals surface area contributed by atoms with Crippen LogP contribution in [0.5, 0.6) is 5.75 Å². The van der Waals surface area contributed by atoms with Crippen LogP contribution in [0.25, 0.3) is 0 Å². The van der Waals surface area contributed by atoms with Gasteiger partial charge in [-0.3, -0.25) is 9.69 Å². The number of carboxylic acid groups (broad SMARTS) is 1. The molecule has 0 aliphatic carbocycles. The average Bonchev–Trinajstić information content (AvgIpc) is 2.84. The fraction of sp³-hybridized carbons (Fsp3) is 0.533. The van der Waals surface area contributed by atoms with Gasteiger partial charge in [0, 0.05) is 17.6 Å². The molecule has 1 aromatic carbocycles. The number of carbonyl (C=O) groups is 1. The number of likely N-dealkylation sites (tertiary alicyclic amines) is 1. The molecular weight excluding hydrogens is 322 g/mol. The smallest absolute Gasteiger partial charge is 0.310 e. The van der Waals surface area contributed by atoms with E-state index in [1.807, 2.05) is 31.2 Å². The average molecular weight is 342 g/mol. The Hall–Kier alpha value is -1.07. The molecule has 1 fully saturated rings. The Morgan fingerprint density at radius 2 is 2.35 bits per heavy atom. The van der Waals surface area contributed by atoms with Crippen LogP contribution in [0.4, 0.5) is 0 Å². The van der Waals surface area contributed by atoms with Crippen LogP contribution in [0.2, 0.25) is 0 Å². The highest BCUT2D eigenvalue weighted by atomic mass is 79.9. The second-order valence-electron chi connectivity index (χ2n) is 5.27. The van der Waals surface area contributed by atoms with Crippen molar-refractivity contribution in [2.24, 2.45) is 5.41 Å². The van der Waals surface area contributed by atoms with Crippen molar-refractivity contribution in [2.75, 3.05) is 26.2 Å². The molecule has 0 radical (unpaired) electrons. The van der Waals surface area contributed by atoms with Crippen molar-refractivity contribution >= 4 is 21.9 Å². The first-order chi connectivity index (χ1) is 9.55. The van der Waals surface area contributed by atoms with E-state index in [2.05, 4.69) is 20.8 Å². The second kappa shape index (κ2) is 6.59. The van der Waals surface area contributed by atoms with Crippen LogP contribution >= 0.6 is 15.9 Å². The Morgan fingerprint density at radius 1 is 1.55 bits per heavy atom. The van der Waals surface area contributed by atoms with Crippen LogP contribution in [0.15, 0.2) is 28.7 Å². The van der Waals surface area contributed by atoms with Crippen molar-refractivity contribution in [1.29, 1.82) is 0 Å². The number of rotatable bonds is 6. The van der Waals surface area contributed by atoms with E-state index in [1.165, 1.54) is 0 Å². The van der Waals surface area contributed by atoms with Gasteiger partial charge in [0.1, 0.15) is 12.4 Å². The van der Waals surface area contributed by atoms with E-state index in [0.717, 1.165) is 29.7 Å². The van der Waals surface area contributed by atoms with Crippen molar-refractivity contribution in [3.63, 3.8) is 0 Å². The molecule has 1 atom stereocenters. The molecular formula is C15H20BrNO3. The predicted molar refractivity (Wildman–Crippen MR) is 81.1 cm³/mol. The Kier molecular flexibility index (Phi) is 5.05. The van der Waals surface area contributed by atoms with Crippen LogP contribution < -0.4 is 4.74 Å². The molecule has 2 rings (SSSR count). The fourth-order valence-corrected chi connectivity index (χ4v) is 2.99. The summed E-state index contributed by atoms with van der Waals surface area (Å²) in [5, 5.41) is 9.35. The number of ether oxygens (including phenoxy) is 1. The molecule has 0 spiro atoms. The minimum atomic E-state index is -0.671.